The highest BCUT2D eigenvalue weighted by Gasteiger charge is 2.18. The Hall–Kier alpha value is -1.47. The zero-order valence-corrected chi connectivity index (χ0v) is 13.9. The largest absolute Gasteiger partial charge is 0.324 e. The molecule has 0 radical (unpaired) electrons. The average molecular weight is 334 g/mol. The zero-order valence-electron chi connectivity index (χ0n) is 12.3. The summed E-state index contributed by atoms with van der Waals surface area (Å²) < 4.78 is 2.02. The van der Waals surface area contributed by atoms with Crippen LogP contribution in [0.25, 0.3) is 0 Å². The fraction of sp³-hybridized carbons (Fsp3) is 0.400. The van der Waals surface area contributed by atoms with Gasteiger partial charge in [0.15, 0.2) is 0 Å². The molecular weight excluding hydrogens is 316 g/mol. The first-order valence-electron chi connectivity index (χ1n) is 7.22. The van der Waals surface area contributed by atoms with E-state index in [1.807, 2.05) is 35.7 Å². The van der Waals surface area contributed by atoms with E-state index in [-0.39, 0.29) is 11.9 Å². The van der Waals surface area contributed by atoms with Crippen molar-refractivity contribution in [2.24, 2.45) is 0 Å². The first-order chi connectivity index (χ1) is 10.7. The Bertz CT molecular complexity index is 626. The molecule has 0 aliphatic carbocycles. The van der Waals surface area contributed by atoms with E-state index in [2.05, 4.69) is 27.5 Å². The topological polar surface area (TPSA) is 59.8 Å². The van der Waals surface area contributed by atoms with Crippen LogP contribution in [0.2, 0.25) is 0 Å². The predicted octanol–water partition coefficient (Wildman–Crippen LogP) is 3.35. The highest BCUT2D eigenvalue weighted by Crippen LogP contribution is 2.44. The number of thioether (sulfide) groups is 2. The van der Waals surface area contributed by atoms with Gasteiger partial charge in [-0.05, 0) is 42.5 Å². The molecule has 0 bridgehead atoms. The monoisotopic (exact) mass is 334 g/mol. The summed E-state index contributed by atoms with van der Waals surface area (Å²) in [4.78, 5) is 16.2. The highest BCUT2D eigenvalue weighted by atomic mass is 32.2. The van der Waals surface area contributed by atoms with Crippen molar-refractivity contribution in [3.05, 3.63) is 42.5 Å². The quantitative estimate of drug-likeness (QED) is 0.929. The summed E-state index contributed by atoms with van der Waals surface area (Å²) in [6, 6.07) is 7.74. The highest BCUT2D eigenvalue weighted by molar-refractivity contribution is 8.16. The Balaban J connectivity index is 1.68. The summed E-state index contributed by atoms with van der Waals surface area (Å²) in [7, 11) is 0. The molecule has 22 heavy (non-hydrogen) atoms. The number of carbonyl (C=O) groups excluding carboxylic acids is 1. The van der Waals surface area contributed by atoms with E-state index in [4.69, 9.17) is 0 Å². The van der Waals surface area contributed by atoms with Crippen molar-refractivity contribution in [1.82, 2.24) is 14.8 Å². The molecule has 1 amide bonds. The number of amides is 1. The third-order valence-corrected chi connectivity index (χ3v) is 6.48. The van der Waals surface area contributed by atoms with E-state index in [0.29, 0.717) is 4.58 Å². The summed E-state index contributed by atoms with van der Waals surface area (Å²) in [5.74, 6) is 2.32. The van der Waals surface area contributed by atoms with Crippen molar-refractivity contribution in [3.8, 4) is 0 Å². The van der Waals surface area contributed by atoms with E-state index in [9.17, 15) is 4.79 Å². The van der Waals surface area contributed by atoms with Gasteiger partial charge >= 0.3 is 0 Å². The van der Waals surface area contributed by atoms with Gasteiger partial charge in [0.1, 0.15) is 18.7 Å². The molecule has 1 aliphatic rings. The van der Waals surface area contributed by atoms with E-state index in [1.54, 1.807) is 17.9 Å². The predicted molar refractivity (Wildman–Crippen MR) is 92.1 cm³/mol. The molecular formula is C15H18N4OS2. The molecule has 1 aromatic carbocycles. The molecule has 0 unspecified atom stereocenters. The molecule has 2 heterocycles. The molecule has 7 heteroatoms. The van der Waals surface area contributed by atoms with Crippen LogP contribution in [0.3, 0.4) is 0 Å². The van der Waals surface area contributed by atoms with Crippen LogP contribution in [0.1, 0.15) is 29.5 Å². The van der Waals surface area contributed by atoms with Gasteiger partial charge in [-0.15, -0.1) is 23.5 Å². The summed E-state index contributed by atoms with van der Waals surface area (Å²) in [6.45, 7) is 1.81. The first-order valence-corrected chi connectivity index (χ1v) is 9.32. The number of anilines is 1. The third kappa shape index (κ3) is 3.64. The van der Waals surface area contributed by atoms with E-state index in [1.165, 1.54) is 29.8 Å². The molecule has 1 saturated heterocycles. The van der Waals surface area contributed by atoms with Crippen LogP contribution in [-0.4, -0.2) is 32.2 Å². The minimum atomic E-state index is -0.385. The van der Waals surface area contributed by atoms with E-state index in [0.717, 1.165) is 5.69 Å². The maximum atomic E-state index is 12.3. The summed E-state index contributed by atoms with van der Waals surface area (Å²) in [5, 5.41) is 6.97. The van der Waals surface area contributed by atoms with Crippen molar-refractivity contribution in [3.63, 3.8) is 0 Å². The number of carbonyl (C=O) groups is 1. The SMILES string of the molecule is C[C@H](C(=O)Nc1cccc(C2SCCCS2)c1)n1cncn1. The van der Waals surface area contributed by atoms with Gasteiger partial charge in [-0.2, -0.15) is 5.10 Å². The van der Waals surface area contributed by atoms with E-state index >= 15 is 0 Å². The molecule has 3 rings (SSSR count). The lowest BCUT2D eigenvalue weighted by molar-refractivity contribution is -0.119. The lowest BCUT2D eigenvalue weighted by Gasteiger charge is -2.22. The molecule has 1 fully saturated rings. The molecule has 1 atom stereocenters. The number of benzene rings is 1. The van der Waals surface area contributed by atoms with E-state index < -0.39 is 0 Å². The molecule has 0 saturated carbocycles. The Kier molecular flexibility index (Phi) is 5.04. The van der Waals surface area contributed by atoms with Crippen LogP contribution < -0.4 is 5.32 Å². The van der Waals surface area contributed by atoms with Crippen LogP contribution in [-0.2, 0) is 4.79 Å². The van der Waals surface area contributed by atoms with Crippen molar-refractivity contribution in [2.75, 3.05) is 16.8 Å². The van der Waals surface area contributed by atoms with Crippen molar-refractivity contribution in [2.45, 2.75) is 24.0 Å². The normalized spacial score (nSPS) is 17.1. The Morgan fingerprint density at radius 3 is 2.95 bits per heavy atom. The average Bonchev–Trinajstić information content (AvgIpc) is 3.09. The Labute approximate surface area is 138 Å². The molecule has 1 aliphatic heterocycles. The number of nitrogens with zero attached hydrogens (tertiary/aromatic N) is 3. The maximum Gasteiger partial charge on any atom is 0.249 e. The second kappa shape index (κ2) is 7.19. The van der Waals surface area contributed by atoms with Gasteiger partial charge in [0, 0.05) is 5.69 Å². The lowest BCUT2D eigenvalue weighted by atomic mass is 10.2. The van der Waals surface area contributed by atoms with Crippen LogP contribution in [0.15, 0.2) is 36.9 Å². The lowest BCUT2D eigenvalue weighted by Crippen LogP contribution is -2.24. The number of hydrogen-bond acceptors (Lipinski definition) is 5. The molecule has 0 spiro atoms. The smallest absolute Gasteiger partial charge is 0.249 e. The molecule has 116 valence electrons. The summed E-state index contributed by atoms with van der Waals surface area (Å²) >= 11 is 3.95. The molecule has 5 nitrogen and oxygen atoms in total. The van der Waals surface area contributed by atoms with Crippen LogP contribution in [0.5, 0.6) is 0 Å². The van der Waals surface area contributed by atoms with Crippen molar-refractivity contribution < 1.29 is 4.79 Å². The third-order valence-electron chi connectivity index (χ3n) is 3.47. The first kappa shape index (κ1) is 15.4. The number of aromatic nitrogens is 3. The van der Waals surface area contributed by atoms with Gasteiger partial charge in [0.05, 0.1) is 4.58 Å². The zero-order chi connectivity index (χ0) is 15.4. The van der Waals surface area contributed by atoms with Crippen molar-refractivity contribution >= 4 is 35.1 Å². The van der Waals surface area contributed by atoms with Gasteiger partial charge in [0.2, 0.25) is 5.91 Å². The second-order valence-corrected chi connectivity index (χ2v) is 7.82. The Morgan fingerprint density at radius 2 is 2.23 bits per heavy atom. The minimum absolute atomic E-state index is 0.0911. The van der Waals surface area contributed by atoms with Gasteiger partial charge in [-0.3, -0.25) is 4.79 Å². The van der Waals surface area contributed by atoms with Gasteiger partial charge in [-0.1, -0.05) is 12.1 Å². The van der Waals surface area contributed by atoms with Crippen LogP contribution in [0.4, 0.5) is 5.69 Å². The van der Waals surface area contributed by atoms with Crippen LogP contribution in [0, 0.1) is 0 Å². The van der Waals surface area contributed by atoms with Gasteiger partial charge in [-0.25, -0.2) is 9.67 Å². The fourth-order valence-corrected chi connectivity index (χ4v) is 5.10. The summed E-state index contributed by atoms with van der Waals surface area (Å²) in [5.41, 5.74) is 2.10. The second-order valence-electron chi connectivity index (χ2n) is 5.09. The Morgan fingerprint density at radius 1 is 1.41 bits per heavy atom. The summed E-state index contributed by atoms with van der Waals surface area (Å²) in [6.07, 6.45) is 4.26. The van der Waals surface area contributed by atoms with Gasteiger partial charge < -0.3 is 5.32 Å². The number of hydrogen-bond donors (Lipinski definition) is 1. The van der Waals surface area contributed by atoms with Gasteiger partial charge in [0.25, 0.3) is 0 Å². The minimum Gasteiger partial charge on any atom is -0.324 e. The molecule has 2 aromatic rings. The molecule has 1 aromatic heterocycles. The maximum absolute atomic E-state index is 12.3. The number of nitrogens with one attached hydrogen (secondary N) is 1. The van der Waals surface area contributed by atoms with Crippen molar-refractivity contribution in [1.29, 1.82) is 0 Å². The number of rotatable bonds is 4. The fourth-order valence-electron chi connectivity index (χ4n) is 2.23. The van der Waals surface area contributed by atoms with Crippen LogP contribution >= 0.6 is 23.5 Å². The standard InChI is InChI=1S/C15H18N4OS2/c1-11(19-10-16-9-17-19)14(20)18-13-5-2-4-12(8-13)15-21-6-3-7-22-15/h2,4-5,8-11,15H,3,6-7H2,1H3,(H,18,20)/t11-/m1/s1. The molecule has 1 N–H and O–H groups in total.